The average molecular weight is 503 g/mol. The van der Waals surface area contributed by atoms with Crippen molar-refractivity contribution in [2.75, 3.05) is 0 Å². The minimum Gasteiger partial charge on any atom is -0.481 e. The zero-order valence-corrected chi connectivity index (χ0v) is 20.7. The maximum absolute atomic E-state index is 13.1. The molecule has 1 unspecified atom stereocenters. The highest BCUT2D eigenvalue weighted by molar-refractivity contribution is 5.98. The highest BCUT2D eigenvalue weighted by Gasteiger charge is 2.48. The van der Waals surface area contributed by atoms with Crippen molar-refractivity contribution in [3.05, 3.63) is 69.4 Å². The van der Waals surface area contributed by atoms with Crippen molar-refractivity contribution in [1.29, 1.82) is 5.41 Å². The Morgan fingerprint density at radius 2 is 1.97 bits per heavy atom. The number of nitrogens with two attached hydrogens (primary N) is 1. The molecule has 2 fully saturated rings. The van der Waals surface area contributed by atoms with Gasteiger partial charge in [0.25, 0.3) is 5.56 Å². The lowest BCUT2D eigenvalue weighted by Gasteiger charge is -2.24. The fourth-order valence-corrected chi connectivity index (χ4v) is 5.43. The maximum atomic E-state index is 13.1. The monoisotopic (exact) mass is 502 g/mol. The summed E-state index contributed by atoms with van der Waals surface area (Å²) in [6, 6.07) is 8.99. The zero-order chi connectivity index (χ0) is 26.3. The Morgan fingerprint density at radius 3 is 2.57 bits per heavy atom. The predicted molar refractivity (Wildman–Crippen MR) is 137 cm³/mol. The SMILES string of the molecule is Cn1c(=O)c(Cc2ccc(C(=N)N)nc2)nc2cc(C3(NC(=O)C(C(=O)O)C4CCCC4)CC3)ccc21. The molecule has 10 nitrogen and oxygen atoms in total. The van der Waals surface area contributed by atoms with Crippen molar-refractivity contribution in [2.45, 2.75) is 50.5 Å². The van der Waals surface area contributed by atoms with Crippen LogP contribution in [0.3, 0.4) is 0 Å². The molecule has 0 aliphatic heterocycles. The molecule has 5 rings (SSSR count). The third kappa shape index (κ3) is 4.71. The van der Waals surface area contributed by atoms with Crippen LogP contribution in [0.5, 0.6) is 0 Å². The molecule has 192 valence electrons. The Bertz CT molecular complexity index is 1450. The second-order valence-electron chi connectivity index (χ2n) is 10.2. The third-order valence-corrected chi connectivity index (χ3v) is 7.70. The fraction of sp³-hybridized carbons (Fsp3) is 0.407. The van der Waals surface area contributed by atoms with Crippen LogP contribution in [-0.2, 0) is 28.6 Å². The first-order valence-electron chi connectivity index (χ1n) is 12.5. The molecule has 0 bridgehead atoms. The second-order valence-corrected chi connectivity index (χ2v) is 10.2. The molecule has 37 heavy (non-hydrogen) atoms. The number of aliphatic carboxylic acids is 1. The van der Waals surface area contributed by atoms with Crippen molar-refractivity contribution in [3.8, 4) is 0 Å². The van der Waals surface area contributed by atoms with Gasteiger partial charge in [-0.3, -0.25) is 24.8 Å². The smallest absolute Gasteiger partial charge is 0.316 e. The van der Waals surface area contributed by atoms with E-state index >= 15 is 0 Å². The number of benzene rings is 1. The van der Waals surface area contributed by atoms with Crippen LogP contribution in [0.2, 0.25) is 0 Å². The van der Waals surface area contributed by atoms with E-state index in [1.807, 2.05) is 18.2 Å². The molecule has 2 heterocycles. The highest BCUT2D eigenvalue weighted by Crippen LogP contribution is 2.46. The number of nitrogens with zero attached hydrogens (tertiary/aromatic N) is 3. The number of rotatable bonds is 8. The molecule has 2 aliphatic rings. The summed E-state index contributed by atoms with van der Waals surface area (Å²) < 4.78 is 1.55. The second kappa shape index (κ2) is 9.42. The normalized spacial score (nSPS) is 17.4. The van der Waals surface area contributed by atoms with Crippen molar-refractivity contribution >= 4 is 28.7 Å². The summed E-state index contributed by atoms with van der Waals surface area (Å²) >= 11 is 0. The van der Waals surface area contributed by atoms with Crippen LogP contribution in [0, 0.1) is 17.2 Å². The lowest BCUT2D eigenvalue weighted by atomic mass is 9.89. The van der Waals surface area contributed by atoms with E-state index in [4.69, 9.17) is 11.1 Å². The number of pyridine rings is 1. The Morgan fingerprint density at radius 1 is 1.24 bits per heavy atom. The molecule has 1 atom stereocenters. The third-order valence-electron chi connectivity index (χ3n) is 7.70. The number of carbonyl (C=O) groups excluding carboxylic acids is 1. The average Bonchev–Trinajstić information content (AvgIpc) is 3.45. The number of hydrogen-bond donors (Lipinski definition) is 4. The van der Waals surface area contributed by atoms with Crippen LogP contribution in [-0.4, -0.2) is 37.4 Å². The van der Waals surface area contributed by atoms with Gasteiger partial charge in [-0.1, -0.05) is 25.0 Å². The van der Waals surface area contributed by atoms with Gasteiger partial charge in [-0.2, -0.15) is 0 Å². The van der Waals surface area contributed by atoms with Gasteiger partial charge in [0.1, 0.15) is 23.1 Å². The van der Waals surface area contributed by atoms with E-state index in [-0.39, 0.29) is 23.7 Å². The van der Waals surface area contributed by atoms with E-state index in [0.29, 0.717) is 35.3 Å². The molecular formula is C27H30N6O4. The number of aryl methyl sites for hydroxylation is 1. The van der Waals surface area contributed by atoms with Crippen LogP contribution < -0.4 is 16.6 Å². The summed E-state index contributed by atoms with van der Waals surface area (Å²) in [5.41, 5.74) is 8.27. The number of carbonyl (C=O) groups is 2. The number of amides is 1. The van der Waals surface area contributed by atoms with Crippen LogP contribution >= 0.6 is 0 Å². The first-order valence-corrected chi connectivity index (χ1v) is 12.5. The van der Waals surface area contributed by atoms with E-state index in [1.54, 1.807) is 29.9 Å². The van der Waals surface area contributed by atoms with Gasteiger partial charge in [0, 0.05) is 19.7 Å². The summed E-state index contributed by atoms with van der Waals surface area (Å²) in [5.74, 6) is -2.77. The van der Waals surface area contributed by atoms with Gasteiger partial charge in [0.15, 0.2) is 0 Å². The number of carboxylic acid groups (broad SMARTS) is 1. The number of carboxylic acids is 1. The maximum Gasteiger partial charge on any atom is 0.316 e. The molecule has 2 aliphatic carbocycles. The van der Waals surface area contributed by atoms with E-state index in [2.05, 4.69) is 15.3 Å². The number of nitrogen functional groups attached to an aromatic ring is 1. The molecule has 2 saturated carbocycles. The van der Waals surface area contributed by atoms with E-state index in [9.17, 15) is 19.5 Å². The quantitative estimate of drug-likeness (QED) is 0.208. The van der Waals surface area contributed by atoms with Crippen molar-refractivity contribution in [3.63, 3.8) is 0 Å². The molecule has 0 radical (unpaired) electrons. The molecule has 1 amide bonds. The lowest BCUT2D eigenvalue weighted by Crippen LogP contribution is -2.44. The molecule has 0 spiro atoms. The summed E-state index contributed by atoms with van der Waals surface area (Å²) in [4.78, 5) is 46.8. The first kappa shape index (κ1) is 24.6. The van der Waals surface area contributed by atoms with Crippen LogP contribution in [0.4, 0.5) is 0 Å². The molecule has 5 N–H and O–H groups in total. The molecule has 10 heteroatoms. The van der Waals surface area contributed by atoms with Gasteiger partial charge in [-0.05, 0) is 60.9 Å². The van der Waals surface area contributed by atoms with Gasteiger partial charge >= 0.3 is 5.97 Å². The molecule has 2 aromatic heterocycles. The first-order chi connectivity index (χ1) is 17.7. The molecule has 3 aromatic rings. The van der Waals surface area contributed by atoms with Crippen molar-refractivity contribution < 1.29 is 14.7 Å². The van der Waals surface area contributed by atoms with Gasteiger partial charge in [-0.15, -0.1) is 0 Å². The van der Waals surface area contributed by atoms with Crippen LogP contribution in [0.25, 0.3) is 11.0 Å². The number of aromatic nitrogens is 3. The number of hydrogen-bond acceptors (Lipinski definition) is 6. The van der Waals surface area contributed by atoms with Gasteiger partial charge in [-0.25, -0.2) is 4.98 Å². The minimum absolute atomic E-state index is 0.123. The standard InChI is InChI=1S/C27H30N6O4/c1-33-21-9-7-17(27(10-11-27)32-24(34)22(26(36)37)16-4-2-3-5-16)13-19(21)31-20(25(33)35)12-15-6-8-18(23(28)29)30-14-15/h6-9,13-14,16,22H,2-5,10-12H2,1H3,(H3,28,29)(H,32,34)(H,36,37). The van der Waals surface area contributed by atoms with Crippen LogP contribution in [0.15, 0.2) is 41.3 Å². The largest absolute Gasteiger partial charge is 0.481 e. The summed E-state index contributed by atoms with van der Waals surface area (Å²) in [6.45, 7) is 0. The van der Waals surface area contributed by atoms with Gasteiger partial charge in [0.2, 0.25) is 5.91 Å². The fourth-order valence-electron chi connectivity index (χ4n) is 5.43. The van der Waals surface area contributed by atoms with E-state index in [1.165, 1.54) is 0 Å². The summed E-state index contributed by atoms with van der Waals surface area (Å²) in [7, 11) is 1.69. The summed E-state index contributed by atoms with van der Waals surface area (Å²) in [6.07, 6.45) is 6.73. The number of nitrogens with one attached hydrogen (secondary N) is 2. The van der Waals surface area contributed by atoms with Crippen molar-refractivity contribution in [2.24, 2.45) is 24.6 Å². The number of amidine groups is 1. The molecular weight excluding hydrogens is 472 g/mol. The van der Waals surface area contributed by atoms with Gasteiger partial charge < -0.3 is 20.7 Å². The zero-order valence-electron chi connectivity index (χ0n) is 20.7. The highest BCUT2D eigenvalue weighted by atomic mass is 16.4. The molecule has 1 aromatic carbocycles. The Balaban J connectivity index is 1.43. The lowest BCUT2D eigenvalue weighted by molar-refractivity contribution is -0.149. The Hall–Kier alpha value is -4.08. The van der Waals surface area contributed by atoms with Gasteiger partial charge in [0.05, 0.1) is 16.6 Å². The number of fused-ring (bicyclic) bond motifs is 1. The van der Waals surface area contributed by atoms with Crippen molar-refractivity contribution in [1.82, 2.24) is 19.9 Å². The predicted octanol–water partition coefficient (Wildman–Crippen LogP) is 2.20. The van der Waals surface area contributed by atoms with E-state index < -0.39 is 23.3 Å². The Labute approximate surface area is 213 Å². The Kier molecular flexibility index (Phi) is 6.26. The molecule has 0 saturated heterocycles. The van der Waals surface area contributed by atoms with E-state index in [0.717, 1.165) is 36.8 Å². The topological polar surface area (TPSA) is 164 Å². The van der Waals surface area contributed by atoms with Crippen LogP contribution in [0.1, 0.15) is 61.0 Å². The summed E-state index contributed by atoms with van der Waals surface area (Å²) in [5, 5.41) is 20.3. The minimum atomic E-state index is -1.06.